The molecule has 96 valence electrons. The number of aromatic nitrogens is 1. The fraction of sp³-hybridized carbons (Fsp3) is 0.308. The Kier molecular flexibility index (Phi) is 3.62. The van der Waals surface area contributed by atoms with Gasteiger partial charge in [-0.05, 0) is 37.1 Å². The number of hydrogen-bond acceptors (Lipinski definition) is 2. The zero-order valence-corrected chi connectivity index (χ0v) is 10.2. The lowest BCUT2D eigenvalue weighted by Gasteiger charge is -2.10. The monoisotopic (exact) mass is 249 g/mol. The Labute approximate surface area is 104 Å². The van der Waals surface area contributed by atoms with Gasteiger partial charge in [0.1, 0.15) is 5.82 Å². The number of carbonyl (C=O) groups excluding carboxylic acids is 1. The molecular formula is C13H16FN3O. The summed E-state index contributed by atoms with van der Waals surface area (Å²) < 4.78 is 13.2. The second-order valence-corrected chi connectivity index (χ2v) is 4.21. The molecule has 1 atom stereocenters. The van der Waals surface area contributed by atoms with Crippen molar-refractivity contribution in [2.75, 3.05) is 6.54 Å². The van der Waals surface area contributed by atoms with Crippen LogP contribution in [0, 0.1) is 5.82 Å². The molecule has 4 N–H and O–H groups in total. The predicted octanol–water partition coefficient (Wildman–Crippen LogP) is 1.31. The van der Waals surface area contributed by atoms with Crippen molar-refractivity contribution in [3.05, 3.63) is 35.8 Å². The van der Waals surface area contributed by atoms with Crippen molar-refractivity contribution in [1.82, 2.24) is 10.3 Å². The van der Waals surface area contributed by atoms with Crippen molar-refractivity contribution in [3.8, 4) is 0 Å². The van der Waals surface area contributed by atoms with Crippen molar-refractivity contribution < 1.29 is 9.18 Å². The first kappa shape index (κ1) is 12.6. The quantitative estimate of drug-likeness (QED) is 0.764. The number of carbonyl (C=O) groups is 1. The molecule has 5 heteroatoms. The van der Waals surface area contributed by atoms with Crippen LogP contribution in [0.15, 0.2) is 24.4 Å². The summed E-state index contributed by atoms with van der Waals surface area (Å²) in [5.74, 6) is -0.488. The third kappa shape index (κ3) is 2.51. The first-order valence-electron chi connectivity index (χ1n) is 5.90. The molecule has 0 saturated heterocycles. The molecule has 0 aliphatic carbocycles. The fourth-order valence-corrected chi connectivity index (χ4v) is 1.95. The Bertz CT molecular complexity index is 564. The number of nitrogens with one attached hydrogen (secondary N) is 2. The average molecular weight is 249 g/mol. The normalized spacial score (nSPS) is 12.6. The van der Waals surface area contributed by atoms with Gasteiger partial charge in [-0.1, -0.05) is 0 Å². The molecule has 0 radical (unpaired) electrons. The predicted molar refractivity (Wildman–Crippen MR) is 68.6 cm³/mol. The second kappa shape index (κ2) is 5.18. The second-order valence-electron chi connectivity index (χ2n) is 4.21. The molecule has 2 aromatic rings. The van der Waals surface area contributed by atoms with Crippen LogP contribution in [0.4, 0.5) is 4.39 Å². The molecule has 1 aromatic heterocycles. The number of benzene rings is 1. The molecule has 0 aliphatic heterocycles. The highest BCUT2D eigenvalue weighted by Crippen LogP contribution is 2.20. The van der Waals surface area contributed by atoms with Crippen molar-refractivity contribution in [2.24, 2.45) is 5.73 Å². The van der Waals surface area contributed by atoms with Crippen molar-refractivity contribution >= 4 is 16.8 Å². The lowest BCUT2D eigenvalue weighted by Crippen LogP contribution is -2.41. The van der Waals surface area contributed by atoms with Crippen LogP contribution in [0.1, 0.15) is 12.5 Å². The molecular weight excluding hydrogens is 233 g/mol. The van der Waals surface area contributed by atoms with Gasteiger partial charge in [0.05, 0.1) is 6.04 Å². The molecule has 0 saturated carbocycles. The van der Waals surface area contributed by atoms with Gasteiger partial charge in [0, 0.05) is 23.6 Å². The topological polar surface area (TPSA) is 70.9 Å². The summed E-state index contributed by atoms with van der Waals surface area (Å²) in [6, 6.07) is 3.90. The van der Waals surface area contributed by atoms with E-state index in [0.29, 0.717) is 13.0 Å². The first-order chi connectivity index (χ1) is 8.61. The van der Waals surface area contributed by atoms with E-state index in [9.17, 15) is 9.18 Å². The number of fused-ring (bicyclic) bond motifs is 1. The minimum atomic E-state index is -0.618. The molecule has 4 nitrogen and oxygen atoms in total. The van der Waals surface area contributed by atoms with Gasteiger partial charge in [-0.2, -0.15) is 0 Å². The molecule has 0 aliphatic rings. The maximum Gasteiger partial charge on any atom is 0.237 e. The van der Waals surface area contributed by atoms with Crippen LogP contribution in [-0.2, 0) is 11.2 Å². The van der Waals surface area contributed by atoms with Gasteiger partial charge in [-0.15, -0.1) is 0 Å². The standard InChI is InChI=1S/C13H16FN3O/c1-2-16-13(18)11(15)5-8-7-17-12-4-3-9(14)6-10(8)12/h3-4,6-7,11,17H,2,5,15H2,1H3,(H,16,18). The number of hydrogen-bond donors (Lipinski definition) is 3. The molecule has 1 unspecified atom stereocenters. The van der Waals surface area contributed by atoms with E-state index in [1.54, 1.807) is 12.3 Å². The van der Waals surface area contributed by atoms with Crippen LogP contribution in [-0.4, -0.2) is 23.5 Å². The minimum absolute atomic E-state index is 0.191. The van der Waals surface area contributed by atoms with E-state index in [0.717, 1.165) is 16.5 Å². The number of likely N-dealkylation sites (N-methyl/N-ethyl adjacent to an activating group) is 1. The maximum atomic E-state index is 13.2. The highest BCUT2D eigenvalue weighted by molar-refractivity contribution is 5.86. The van der Waals surface area contributed by atoms with Crippen LogP contribution in [0.5, 0.6) is 0 Å². The number of nitrogens with two attached hydrogens (primary N) is 1. The number of aromatic amines is 1. The van der Waals surface area contributed by atoms with E-state index in [2.05, 4.69) is 10.3 Å². The molecule has 2 rings (SSSR count). The van der Waals surface area contributed by atoms with Gasteiger partial charge in [-0.3, -0.25) is 4.79 Å². The zero-order chi connectivity index (χ0) is 13.1. The fourth-order valence-electron chi connectivity index (χ4n) is 1.95. The highest BCUT2D eigenvalue weighted by Gasteiger charge is 2.15. The summed E-state index contributed by atoms with van der Waals surface area (Å²) in [4.78, 5) is 14.6. The third-order valence-electron chi connectivity index (χ3n) is 2.86. The summed E-state index contributed by atoms with van der Waals surface area (Å²) in [6.45, 7) is 2.39. The van der Waals surface area contributed by atoms with Crippen molar-refractivity contribution in [1.29, 1.82) is 0 Å². The maximum absolute atomic E-state index is 13.2. The Morgan fingerprint density at radius 1 is 1.56 bits per heavy atom. The number of halogens is 1. The molecule has 0 bridgehead atoms. The summed E-state index contributed by atoms with van der Waals surface area (Å²) in [6.07, 6.45) is 2.15. The minimum Gasteiger partial charge on any atom is -0.361 e. The third-order valence-corrected chi connectivity index (χ3v) is 2.86. The van der Waals surface area contributed by atoms with E-state index in [1.807, 2.05) is 6.92 Å². The van der Waals surface area contributed by atoms with E-state index >= 15 is 0 Å². The Hall–Kier alpha value is -1.88. The van der Waals surface area contributed by atoms with Crippen LogP contribution in [0.25, 0.3) is 10.9 Å². The molecule has 18 heavy (non-hydrogen) atoms. The average Bonchev–Trinajstić information content (AvgIpc) is 2.72. The number of H-pyrrole nitrogens is 1. The van der Waals surface area contributed by atoms with E-state index in [4.69, 9.17) is 5.73 Å². The van der Waals surface area contributed by atoms with Gasteiger partial charge in [0.15, 0.2) is 0 Å². The number of rotatable bonds is 4. The zero-order valence-electron chi connectivity index (χ0n) is 10.2. The molecule has 1 amide bonds. The highest BCUT2D eigenvalue weighted by atomic mass is 19.1. The summed E-state index contributed by atoms with van der Waals surface area (Å²) in [5, 5.41) is 3.44. The first-order valence-corrected chi connectivity index (χ1v) is 5.90. The van der Waals surface area contributed by atoms with Crippen LogP contribution in [0.2, 0.25) is 0 Å². The summed E-state index contributed by atoms with van der Waals surface area (Å²) >= 11 is 0. The summed E-state index contributed by atoms with van der Waals surface area (Å²) in [5.41, 5.74) is 7.50. The molecule has 0 spiro atoms. The lowest BCUT2D eigenvalue weighted by atomic mass is 10.0. The van der Waals surface area contributed by atoms with Crippen molar-refractivity contribution in [3.63, 3.8) is 0 Å². The van der Waals surface area contributed by atoms with Gasteiger partial charge in [-0.25, -0.2) is 4.39 Å². The Morgan fingerprint density at radius 2 is 2.33 bits per heavy atom. The van der Waals surface area contributed by atoms with Crippen LogP contribution < -0.4 is 11.1 Å². The number of amides is 1. The van der Waals surface area contributed by atoms with Gasteiger partial charge in [0.25, 0.3) is 0 Å². The van der Waals surface area contributed by atoms with Gasteiger partial charge < -0.3 is 16.0 Å². The van der Waals surface area contributed by atoms with E-state index < -0.39 is 6.04 Å². The van der Waals surface area contributed by atoms with Crippen LogP contribution in [0.3, 0.4) is 0 Å². The van der Waals surface area contributed by atoms with E-state index in [1.165, 1.54) is 12.1 Å². The molecule has 1 aromatic carbocycles. The Morgan fingerprint density at radius 3 is 3.06 bits per heavy atom. The molecule has 1 heterocycles. The summed E-state index contributed by atoms with van der Waals surface area (Å²) in [7, 11) is 0. The largest absolute Gasteiger partial charge is 0.361 e. The smallest absolute Gasteiger partial charge is 0.237 e. The van der Waals surface area contributed by atoms with Gasteiger partial charge >= 0.3 is 0 Å². The van der Waals surface area contributed by atoms with Crippen LogP contribution >= 0.6 is 0 Å². The van der Waals surface area contributed by atoms with Crippen molar-refractivity contribution in [2.45, 2.75) is 19.4 Å². The molecule has 0 fully saturated rings. The van der Waals surface area contributed by atoms with E-state index in [-0.39, 0.29) is 11.7 Å². The SMILES string of the molecule is CCNC(=O)C(N)Cc1c[nH]c2ccc(F)cc12. The van der Waals surface area contributed by atoms with Gasteiger partial charge in [0.2, 0.25) is 5.91 Å². The lowest BCUT2D eigenvalue weighted by molar-refractivity contribution is -0.122. The Balaban J connectivity index is 2.21.